The molecule has 0 bridgehead atoms. The zero-order chi connectivity index (χ0) is 19.2. The highest BCUT2D eigenvalue weighted by Crippen LogP contribution is 2.41. The Hall–Kier alpha value is -1.60. The van der Waals surface area contributed by atoms with E-state index in [0.717, 1.165) is 4.57 Å². The number of aliphatic hydroxyl groups is 5. The van der Waals surface area contributed by atoms with Gasteiger partial charge in [0.15, 0.2) is 5.72 Å². The number of aromatic nitrogens is 2. The lowest BCUT2D eigenvalue weighted by Gasteiger charge is -2.45. The molecular weight excluding hydrogens is 352 g/mol. The van der Waals surface area contributed by atoms with Crippen molar-refractivity contribution in [2.24, 2.45) is 0 Å². The summed E-state index contributed by atoms with van der Waals surface area (Å²) >= 11 is 0. The molecule has 11 heteroatoms. The Balaban J connectivity index is 2.15. The smallest absolute Gasteiger partial charge is 0.330 e. The molecular formula is C15H22N2O9. The highest BCUT2D eigenvalue weighted by atomic mass is 16.6. The summed E-state index contributed by atoms with van der Waals surface area (Å²) < 4.78 is 12.2. The van der Waals surface area contributed by atoms with Crippen LogP contribution in [0.2, 0.25) is 0 Å². The van der Waals surface area contributed by atoms with Crippen molar-refractivity contribution in [3.05, 3.63) is 32.6 Å². The molecule has 2 aliphatic rings. The molecule has 2 saturated heterocycles. The van der Waals surface area contributed by atoms with Crippen molar-refractivity contribution in [3.8, 4) is 0 Å². The number of hydrogen-bond donors (Lipinski definition) is 6. The Labute approximate surface area is 147 Å². The van der Waals surface area contributed by atoms with Gasteiger partial charge in [-0.2, -0.15) is 0 Å². The Bertz CT molecular complexity index is 777. The Morgan fingerprint density at radius 3 is 2.54 bits per heavy atom. The Morgan fingerprint density at radius 1 is 1.23 bits per heavy atom. The van der Waals surface area contributed by atoms with Crippen molar-refractivity contribution >= 4 is 0 Å². The SMILES string of the molecule is Cc1cn([C@@]2(C3OC[C@H](O)[C@H](O)[C@H]3O)C[C@H](O)[C@@H](CO)O2)c(=O)[nH]c1=O. The van der Waals surface area contributed by atoms with Crippen molar-refractivity contribution < 1.29 is 35.0 Å². The lowest BCUT2D eigenvalue weighted by atomic mass is 9.89. The molecule has 3 rings (SSSR count). The first-order valence-corrected chi connectivity index (χ1v) is 8.17. The van der Waals surface area contributed by atoms with Gasteiger partial charge in [0.2, 0.25) is 0 Å². The van der Waals surface area contributed by atoms with Crippen LogP contribution in [0.3, 0.4) is 0 Å². The van der Waals surface area contributed by atoms with Gasteiger partial charge < -0.3 is 35.0 Å². The van der Waals surface area contributed by atoms with Crippen molar-refractivity contribution in [2.75, 3.05) is 13.2 Å². The van der Waals surface area contributed by atoms with E-state index in [9.17, 15) is 35.1 Å². The second kappa shape index (κ2) is 6.85. The van der Waals surface area contributed by atoms with Crippen LogP contribution in [-0.2, 0) is 15.2 Å². The monoisotopic (exact) mass is 374 g/mol. The molecule has 2 aliphatic heterocycles. The van der Waals surface area contributed by atoms with Crippen LogP contribution in [0.15, 0.2) is 15.8 Å². The third-order valence-electron chi connectivity index (χ3n) is 4.94. The Morgan fingerprint density at radius 2 is 1.92 bits per heavy atom. The van der Waals surface area contributed by atoms with E-state index < -0.39 is 60.2 Å². The molecule has 3 heterocycles. The van der Waals surface area contributed by atoms with Gasteiger partial charge in [-0.05, 0) is 6.92 Å². The fourth-order valence-corrected chi connectivity index (χ4v) is 3.51. The number of rotatable bonds is 3. The number of aryl methyl sites for hydroxylation is 1. The molecule has 0 radical (unpaired) electrons. The van der Waals surface area contributed by atoms with Crippen LogP contribution in [0.25, 0.3) is 0 Å². The minimum absolute atomic E-state index is 0.167. The standard InChI is InChI=1S/C15H22N2O9/c1-6-3-17(14(24)16-13(6)23)15(2-7(19)9(4-18)26-15)12-11(22)10(21)8(20)5-25-12/h3,7-12,18-22H,2,4-5H2,1H3,(H,16,23,24)/t7-,8-,9+,10-,11+,12?,15-/m0/s1. The van der Waals surface area contributed by atoms with E-state index in [1.54, 1.807) is 0 Å². The summed E-state index contributed by atoms with van der Waals surface area (Å²) in [5, 5.41) is 49.7. The van der Waals surface area contributed by atoms with E-state index in [-0.39, 0.29) is 18.6 Å². The molecule has 0 aromatic carbocycles. The summed E-state index contributed by atoms with van der Waals surface area (Å²) in [6, 6.07) is 0. The van der Waals surface area contributed by atoms with Gasteiger partial charge >= 0.3 is 5.69 Å². The van der Waals surface area contributed by atoms with Gasteiger partial charge in [-0.15, -0.1) is 0 Å². The fraction of sp³-hybridized carbons (Fsp3) is 0.733. The van der Waals surface area contributed by atoms with Crippen molar-refractivity contribution in [3.63, 3.8) is 0 Å². The van der Waals surface area contributed by atoms with Gasteiger partial charge in [-0.25, -0.2) is 4.79 Å². The van der Waals surface area contributed by atoms with Crippen molar-refractivity contribution in [1.29, 1.82) is 0 Å². The van der Waals surface area contributed by atoms with E-state index in [4.69, 9.17) is 9.47 Å². The average molecular weight is 374 g/mol. The molecule has 1 unspecified atom stereocenters. The molecule has 11 nitrogen and oxygen atoms in total. The second-order valence-corrected chi connectivity index (χ2v) is 6.70. The molecule has 0 spiro atoms. The Kier molecular flexibility index (Phi) is 5.05. The van der Waals surface area contributed by atoms with Crippen LogP contribution >= 0.6 is 0 Å². The molecule has 6 N–H and O–H groups in total. The van der Waals surface area contributed by atoms with E-state index in [1.165, 1.54) is 13.1 Å². The van der Waals surface area contributed by atoms with E-state index in [1.807, 2.05) is 0 Å². The zero-order valence-corrected chi connectivity index (χ0v) is 14.0. The number of nitrogens with zero attached hydrogens (tertiary/aromatic N) is 1. The lowest BCUT2D eigenvalue weighted by Crippen LogP contribution is -2.64. The molecule has 7 atom stereocenters. The average Bonchev–Trinajstić information content (AvgIpc) is 2.93. The fourth-order valence-electron chi connectivity index (χ4n) is 3.51. The lowest BCUT2D eigenvalue weighted by molar-refractivity contribution is -0.271. The third-order valence-corrected chi connectivity index (χ3v) is 4.94. The number of aromatic amines is 1. The zero-order valence-electron chi connectivity index (χ0n) is 14.0. The summed E-state index contributed by atoms with van der Waals surface area (Å²) in [5.41, 5.74) is -3.12. The van der Waals surface area contributed by atoms with Crippen LogP contribution in [0.4, 0.5) is 0 Å². The minimum Gasteiger partial charge on any atom is -0.394 e. The van der Waals surface area contributed by atoms with Gasteiger partial charge in [-0.3, -0.25) is 14.3 Å². The first kappa shape index (κ1) is 19.2. The molecule has 0 saturated carbocycles. The number of aliphatic hydroxyl groups excluding tert-OH is 5. The van der Waals surface area contributed by atoms with Crippen LogP contribution in [0.1, 0.15) is 12.0 Å². The second-order valence-electron chi connectivity index (χ2n) is 6.70. The van der Waals surface area contributed by atoms with Crippen LogP contribution in [0, 0.1) is 6.92 Å². The molecule has 2 fully saturated rings. The van der Waals surface area contributed by atoms with Gasteiger partial charge in [0.25, 0.3) is 5.56 Å². The normalized spacial score (nSPS) is 40.7. The molecule has 146 valence electrons. The van der Waals surface area contributed by atoms with E-state index >= 15 is 0 Å². The predicted molar refractivity (Wildman–Crippen MR) is 84.4 cm³/mol. The summed E-state index contributed by atoms with van der Waals surface area (Å²) in [6.45, 7) is 0.549. The predicted octanol–water partition coefficient (Wildman–Crippen LogP) is -3.88. The number of H-pyrrole nitrogens is 1. The summed E-state index contributed by atoms with van der Waals surface area (Å²) in [7, 11) is 0. The first-order valence-electron chi connectivity index (χ1n) is 8.17. The molecule has 1 aromatic rings. The summed E-state index contributed by atoms with van der Waals surface area (Å²) in [4.78, 5) is 26.2. The maximum Gasteiger partial charge on any atom is 0.330 e. The summed E-state index contributed by atoms with van der Waals surface area (Å²) in [6.07, 6.45) is -7.24. The van der Waals surface area contributed by atoms with Crippen LogP contribution in [0.5, 0.6) is 0 Å². The number of ether oxygens (including phenoxy) is 2. The highest BCUT2D eigenvalue weighted by molar-refractivity contribution is 5.08. The maximum atomic E-state index is 12.4. The van der Waals surface area contributed by atoms with Crippen LogP contribution in [-0.4, -0.2) is 84.9 Å². The van der Waals surface area contributed by atoms with Gasteiger partial charge in [0.05, 0.1) is 19.3 Å². The van der Waals surface area contributed by atoms with Crippen molar-refractivity contribution in [2.45, 2.75) is 55.7 Å². The third kappa shape index (κ3) is 2.91. The van der Waals surface area contributed by atoms with Crippen LogP contribution < -0.4 is 11.2 Å². The first-order chi connectivity index (χ1) is 12.2. The molecule has 26 heavy (non-hydrogen) atoms. The topological polar surface area (TPSA) is 174 Å². The van der Waals surface area contributed by atoms with Crippen molar-refractivity contribution in [1.82, 2.24) is 9.55 Å². The molecule has 0 aliphatic carbocycles. The van der Waals surface area contributed by atoms with Gasteiger partial charge in [-0.1, -0.05) is 0 Å². The van der Waals surface area contributed by atoms with Gasteiger partial charge in [0, 0.05) is 18.2 Å². The maximum absolute atomic E-state index is 12.4. The molecule has 0 amide bonds. The van der Waals surface area contributed by atoms with Gasteiger partial charge in [0.1, 0.15) is 30.5 Å². The van der Waals surface area contributed by atoms with E-state index in [0.29, 0.717) is 0 Å². The molecule has 1 aromatic heterocycles. The number of nitrogens with one attached hydrogen (secondary N) is 1. The highest BCUT2D eigenvalue weighted by Gasteiger charge is 2.58. The quantitative estimate of drug-likeness (QED) is 0.309. The van der Waals surface area contributed by atoms with E-state index in [2.05, 4.69) is 4.98 Å². The summed E-state index contributed by atoms with van der Waals surface area (Å²) in [5.74, 6) is 0. The minimum atomic E-state index is -1.81. The largest absolute Gasteiger partial charge is 0.394 e. The number of hydrogen-bond acceptors (Lipinski definition) is 9.